The highest BCUT2D eigenvalue weighted by atomic mass is 16.5. The summed E-state index contributed by atoms with van der Waals surface area (Å²) in [5.74, 6) is 1.30. The second kappa shape index (κ2) is 6.78. The van der Waals surface area contributed by atoms with Gasteiger partial charge in [-0.2, -0.15) is 4.98 Å². The summed E-state index contributed by atoms with van der Waals surface area (Å²) in [6.07, 6.45) is 3.20. The van der Waals surface area contributed by atoms with Crippen LogP contribution in [-0.2, 0) is 4.79 Å². The minimum Gasteiger partial charge on any atom is -0.391 e. The molecule has 3 aromatic heterocycles. The van der Waals surface area contributed by atoms with Crippen molar-refractivity contribution in [2.45, 2.75) is 25.5 Å². The molecular weight excluding hydrogens is 372 g/mol. The van der Waals surface area contributed by atoms with E-state index in [1.54, 1.807) is 17.4 Å². The monoisotopic (exact) mass is 390 g/mol. The van der Waals surface area contributed by atoms with Gasteiger partial charge in [-0.05, 0) is 24.3 Å². The smallest absolute Gasteiger partial charge is 0.249 e. The minimum atomic E-state index is -0.592. The van der Waals surface area contributed by atoms with Crippen LogP contribution < -0.4 is 0 Å². The van der Waals surface area contributed by atoms with Crippen LogP contribution >= 0.6 is 0 Å². The number of imidazole rings is 1. The number of para-hydroxylation sites is 2. The number of nitrogens with zero attached hydrogens (tertiary/aromatic N) is 6. The minimum absolute atomic E-state index is 0.134. The lowest BCUT2D eigenvalue weighted by Crippen LogP contribution is -2.29. The van der Waals surface area contributed by atoms with Crippen molar-refractivity contribution in [3.8, 4) is 17.2 Å². The SMILES string of the molecule is CC(=O)N1CC(O)CC1c1nc(-c2ccc(-n3cnc4ccccc43)nc2)no1. The maximum absolute atomic E-state index is 11.8. The number of likely N-dealkylation sites (tertiary alicyclic amines) is 1. The van der Waals surface area contributed by atoms with E-state index >= 15 is 0 Å². The molecule has 0 aliphatic carbocycles. The van der Waals surface area contributed by atoms with Crippen molar-refractivity contribution in [1.82, 2.24) is 29.6 Å². The third-order valence-corrected chi connectivity index (χ3v) is 5.12. The number of benzene rings is 1. The Bertz CT molecular complexity index is 1180. The Hall–Kier alpha value is -3.59. The Labute approximate surface area is 165 Å². The number of carbonyl (C=O) groups is 1. The van der Waals surface area contributed by atoms with Crippen molar-refractivity contribution < 1.29 is 14.4 Å². The summed E-state index contributed by atoms with van der Waals surface area (Å²) >= 11 is 0. The van der Waals surface area contributed by atoms with Crippen LogP contribution in [0.1, 0.15) is 25.3 Å². The molecule has 5 rings (SSSR count). The maximum Gasteiger partial charge on any atom is 0.249 e. The van der Waals surface area contributed by atoms with E-state index in [-0.39, 0.29) is 12.5 Å². The van der Waals surface area contributed by atoms with Gasteiger partial charge < -0.3 is 14.5 Å². The molecule has 1 aliphatic heterocycles. The van der Waals surface area contributed by atoms with Crippen LogP contribution in [0.3, 0.4) is 0 Å². The predicted octanol–water partition coefficient (Wildman–Crippen LogP) is 2.12. The molecule has 0 radical (unpaired) electrons. The van der Waals surface area contributed by atoms with Crippen LogP contribution in [-0.4, -0.2) is 53.2 Å². The molecule has 1 amide bonds. The Morgan fingerprint density at radius 1 is 1.21 bits per heavy atom. The number of aromatic nitrogens is 5. The van der Waals surface area contributed by atoms with Gasteiger partial charge in [0.05, 0.1) is 17.1 Å². The molecule has 1 fully saturated rings. The van der Waals surface area contributed by atoms with Gasteiger partial charge in [0.25, 0.3) is 0 Å². The number of hydrogen-bond acceptors (Lipinski definition) is 7. The topological polar surface area (TPSA) is 110 Å². The lowest BCUT2D eigenvalue weighted by molar-refractivity contribution is -0.130. The summed E-state index contributed by atoms with van der Waals surface area (Å²) < 4.78 is 7.29. The highest BCUT2D eigenvalue weighted by molar-refractivity contribution is 5.77. The zero-order valence-corrected chi connectivity index (χ0v) is 15.6. The molecule has 1 aromatic carbocycles. The van der Waals surface area contributed by atoms with Gasteiger partial charge in [0.2, 0.25) is 17.6 Å². The molecule has 2 atom stereocenters. The number of β-amino-alcohol motifs (C(OH)–C–C–N with tert-alkyl or cyclic N) is 1. The van der Waals surface area contributed by atoms with E-state index in [0.717, 1.165) is 16.9 Å². The fraction of sp³-hybridized carbons (Fsp3) is 0.250. The number of carbonyl (C=O) groups excluding carboxylic acids is 1. The van der Waals surface area contributed by atoms with E-state index in [4.69, 9.17) is 4.52 Å². The third kappa shape index (κ3) is 3.05. The van der Waals surface area contributed by atoms with Gasteiger partial charge in [-0.15, -0.1) is 0 Å². The van der Waals surface area contributed by atoms with Crippen molar-refractivity contribution in [1.29, 1.82) is 0 Å². The molecule has 1 N–H and O–H groups in total. The van der Waals surface area contributed by atoms with Crippen LogP contribution in [0.4, 0.5) is 0 Å². The van der Waals surface area contributed by atoms with E-state index in [1.807, 2.05) is 41.0 Å². The largest absolute Gasteiger partial charge is 0.391 e. The number of rotatable bonds is 3. The number of aliphatic hydroxyl groups is 1. The number of hydrogen-bond donors (Lipinski definition) is 1. The first-order valence-electron chi connectivity index (χ1n) is 9.28. The predicted molar refractivity (Wildman–Crippen MR) is 103 cm³/mol. The molecule has 1 aliphatic rings. The fourth-order valence-electron chi connectivity index (χ4n) is 3.69. The van der Waals surface area contributed by atoms with Gasteiger partial charge in [0, 0.05) is 31.6 Å². The van der Waals surface area contributed by atoms with Gasteiger partial charge in [-0.1, -0.05) is 17.3 Å². The zero-order valence-electron chi connectivity index (χ0n) is 15.6. The highest BCUT2D eigenvalue weighted by Crippen LogP contribution is 2.32. The van der Waals surface area contributed by atoms with Crippen LogP contribution in [0.15, 0.2) is 53.4 Å². The Morgan fingerprint density at radius 2 is 2.07 bits per heavy atom. The first-order chi connectivity index (χ1) is 14.1. The van der Waals surface area contributed by atoms with E-state index in [0.29, 0.717) is 23.7 Å². The maximum atomic E-state index is 11.8. The van der Waals surface area contributed by atoms with Crippen LogP contribution in [0.25, 0.3) is 28.2 Å². The molecular formula is C20H18N6O3. The van der Waals surface area contributed by atoms with E-state index in [2.05, 4.69) is 20.1 Å². The first kappa shape index (κ1) is 17.5. The van der Waals surface area contributed by atoms with Crippen LogP contribution in [0.5, 0.6) is 0 Å². The molecule has 0 bridgehead atoms. The van der Waals surface area contributed by atoms with E-state index in [9.17, 15) is 9.90 Å². The summed E-state index contributed by atoms with van der Waals surface area (Å²) in [6, 6.07) is 11.2. The standard InChI is InChI=1S/C20H18N6O3/c1-12(27)25-10-14(28)8-17(25)20-23-19(24-29-20)13-6-7-18(21-9-13)26-11-22-15-4-2-3-5-16(15)26/h2-7,9,11,14,17,28H,8,10H2,1H3. The van der Waals surface area contributed by atoms with Crippen molar-refractivity contribution in [3.05, 3.63) is 54.8 Å². The lowest BCUT2D eigenvalue weighted by atomic mass is 10.2. The molecule has 4 aromatic rings. The zero-order chi connectivity index (χ0) is 20.0. The molecule has 1 saturated heterocycles. The van der Waals surface area contributed by atoms with Crippen LogP contribution in [0.2, 0.25) is 0 Å². The summed E-state index contributed by atoms with van der Waals surface area (Å²) in [5, 5.41) is 13.9. The van der Waals surface area contributed by atoms with Crippen LogP contribution in [0, 0.1) is 0 Å². The quantitative estimate of drug-likeness (QED) is 0.570. The first-order valence-corrected chi connectivity index (χ1v) is 9.28. The molecule has 0 saturated carbocycles. The second-order valence-corrected chi connectivity index (χ2v) is 7.04. The van der Waals surface area contributed by atoms with Gasteiger partial charge in [-0.3, -0.25) is 9.36 Å². The van der Waals surface area contributed by atoms with E-state index in [1.165, 1.54) is 6.92 Å². The highest BCUT2D eigenvalue weighted by Gasteiger charge is 2.37. The third-order valence-electron chi connectivity index (χ3n) is 5.12. The van der Waals surface area contributed by atoms with Crippen molar-refractivity contribution in [3.63, 3.8) is 0 Å². The molecule has 4 heterocycles. The summed E-state index contributed by atoms with van der Waals surface area (Å²) in [7, 11) is 0. The Balaban J connectivity index is 1.42. The summed E-state index contributed by atoms with van der Waals surface area (Å²) in [5.41, 5.74) is 2.56. The van der Waals surface area contributed by atoms with Gasteiger partial charge in [0.15, 0.2) is 0 Å². The molecule has 2 unspecified atom stereocenters. The van der Waals surface area contributed by atoms with Gasteiger partial charge in [0.1, 0.15) is 18.2 Å². The van der Waals surface area contributed by atoms with Gasteiger partial charge in [-0.25, -0.2) is 9.97 Å². The fourth-order valence-corrected chi connectivity index (χ4v) is 3.69. The number of fused-ring (bicyclic) bond motifs is 1. The summed E-state index contributed by atoms with van der Waals surface area (Å²) in [4.78, 5) is 26.7. The number of pyridine rings is 1. The molecule has 29 heavy (non-hydrogen) atoms. The Morgan fingerprint density at radius 3 is 2.86 bits per heavy atom. The normalized spacial score (nSPS) is 19.2. The molecule has 0 spiro atoms. The van der Waals surface area contributed by atoms with Crippen molar-refractivity contribution in [2.75, 3.05) is 6.54 Å². The Kier molecular flexibility index (Phi) is 4.09. The molecule has 9 nitrogen and oxygen atoms in total. The van der Waals surface area contributed by atoms with E-state index < -0.39 is 12.1 Å². The van der Waals surface area contributed by atoms with Gasteiger partial charge >= 0.3 is 0 Å². The van der Waals surface area contributed by atoms with Crippen molar-refractivity contribution in [2.24, 2.45) is 0 Å². The number of aliphatic hydroxyl groups excluding tert-OH is 1. The lowest BCUT2D eigenvalue weighted by Gasteiger charge is -2.19. The molecule has 146 valence electrons. The molecule has 9 heteroatoms. The second-order valence-electron chi connectivity index (χ2n) is 7.04. The average molecular weight is 390 g/mol. The van der Waals surface area contributed by atoms with Crippen molar-refractivity contribution >= 4 is 16.9 Å². The number of amides is 1. The summed E-state index contributed by atoms with van der Waals surface area (Å²) in [6.45, 7) is 1.73. The average Bonchev–Trinajstić information content (AvgIpc) is 3.46.